The lowest BCUT2D eigenvalue weighted by atomic mass is 9.89. The molecule has 0 bridgehead atoms. The molecule has 1 aliphatic rings. The Bertz CT molecular complexity index is 1040. The summed E-state index contributed by atoms with van der Waals surface area (Å²) in [5, 5.41) is 1.76. The summed E-state index contributed by atoms with van der Waals surface area (Å²) in [6.45, 7) is 8.72. The van der Waals surface area contributed by atoms with Crippen molar-refractivity contribution in [1.82, 2.24) is 14.5 Å². The summed E-state index contributed by atoms with van der Waals surface area (Å²) in [6.07, 6.45) is 8.61. The van der Waals surface area contributed by atoms with E-state index in [0.29, 0.717) is 12.5 Å². The Balaban J connectivity index is 1.81. The van der Waals surface area contributed by atoms with Gasteiger partial charge in [0.25, 0.3) is 5.56 Å². The number of hydrogen-bond acceptors (Lipinski definition) is 5. The first-order chi connectivity index (χ1) is 13.1. The molecule has 3 aromatic rings. The zero-order valence-electron chi connectivity index (χ0n) is 15.6. The predicted octanol–water partition coefficient (Wildman–Crippen LogP) is 5.02. The van der Waals surface area contributed by atoms with Gasteiger partial charge in [-0.15, -0.1) is 17.9 Å². The van der Waals surface area contributed by atoms with E-state index >= 15 is 0 Å². The second-order valence-electron chi connectivity index (χ2n) is 7.18. The van der Waals surface area contributed by atoms with Crippen molar-refractivity contribution in [2.24, 2.45) is 5.92 Å². The minimum atomic E-state index is 0.0767. The lowest BCUT2D eigenvalue weighted by molar-refractivity contribution is 0.509. The first-order valence-electron chi connectivity index (χ1n) is 9.31. The number of thioether (sulfide) groups is 1. The van der Waals surface area contributed by atoms with E-state index < -0.39 is 0 Å². The monoisotopic (exact) mass is 397 g/mol. The molecule has 0 unspecified atom stereocenters. The van der Waals surface area contributed by atoms with Crippen molar-refractivity contribution in [3.05, 3.63) is 63.5 Å². The highest BCUT2D eigenvalue weighted by atomic mass is 32.2. The normalized spacial score (nSPS) is 17.6. The van der Waals surface area contributed by atoms with Crippen LogP contribution in [0.3, 0.4) is 0 Å². The molecule has 1 aliphatic carbocycles. The molecule has 0 saturated carbocycles. The van der Waals surface area contributed by atoms with Crippen molar-refractivity contribution in [1.29, 1.82) is 0 Å². The maximum atomic E-state index is 13.3. The minimum absolute atomic E-state index is 0.0767. The highest BCUT2D eigenvalue weighted by Gasteiger charge is 2.25. The van der Waals surface area contributed by atoms with Crippen LogP contribution < -0.4 is 5.56 Å². The fourth-order valence-corrected chi connectivity index (χ4v) is 6.08. The van der Waals surface area contributed by atoms with E-state index in [0.717, 1.165) is 40.2 Å². The van der Waals surface area contributed by atoms with Crippen molar-refractivity contribution in [3.8, 4) is 0 Å². The van der Waals surface area contributed by atoms with Crippen LogP contribution in [0.25, 0.3) is 10.2 Å². The molecule has 0 spiro atoms. The van der Waals surface area contributed by atoms with Crippen LogP contribution in [-0.4, -0.2) is 14.5 Å². The van der Waals surface area contributed by atoms with Gasteiger partial charge in [-0.2, -0.15) is 0 Å². The Morgan fingerprint density at radius 2 is 2.37 bits per heavy atom. The number of thiophene rings is 1. The molecule has 0 fully saturated rings. The molecule has 0 saturated heterocycles. The summed E-state index contributed by atoms with van der Waals surface area (Å²) in [5.41, 5.74) is 2.44. The van der Waals surface area contributed by atoms with Crippen LogP contribution in [0.4, 0.5) is 0 Å². The van der Waals surface area contributed by atoms with Crippen molar-refractivity contribution < 1.29 is 0 Å². The Labute approximate surface area is 167 Å². The van der Waals surface area contributed by atoms with Crippen LogP contribution in [0.15, 0.2) is 47.1 Å². The van der Waals surface area contributed by atoms with Gasteiger partial charge in [0.05, 0.1) is 5.39 Å². The summed E-state index contributed by atoms with van der Waals surface area (Å²) in [5.74, 6) is 0.681. The van der Waals surface area contributed by atoms with Crippen LogP contribution in [0.1, 0.15) is 41.5 Å². The Hall–Kier alpha value is -1.92. The maximum absolute atomic E-state index is 13.3. The molecule has 0 N–H and O–H groups in total. The highest BCUT2D eigenvalue weighted by molar-refractivity contribution is 7.99. The third kappa shape index (κ3) is 3.48. The summed E-state index contributed by atoms with van der Waals surface area (Å²) in [6, 6.07) is 4.00. The number of rotatable bonds is 5. The van der Waals surface area contributed by atoms with Crippen LogP contribution >= 0.6 is 23.1 Å². The van der Waals surface area contributed by atoms with Gasteiger partial charge in [0.2, 0.25) is 0 Å². The second-order valence-corrected chi connectivity index (χ2v) is 9.57. The molecule has 0 aliphatic heterocycles. The number of hydrogen-bond donors (Lipinski definition) is 0. The lowest BCUT2D eigenvalue weighted by Crippen LogP contribution is -2.23. The molecular formula is C21H23N3OS2. The van der Waals surface area contributed by atoms with E-state index in [1.54, 1.807) is 39.9 Å². The molecule has 4 rings (SSSR count). The summed E-state index contributed by atoms with van der Waals surface area (Å²) in [4.78, 5) is 24.7. The summed E-state index contributed by atoms with van der Waals surface area (Å²) < 4.78 is 1.78. The van der Waals surface area contributed by atoms with Crippen LogP contribution in [0.5, 0.6) is 0 Å². The topological polar surface area (TPSA) is 47.8 Å². The first-order valence-corrected chi connectivity index (χ1v) is 11.0. The average Bonchev–Trinajstić information content (AvgIpc) is 3.02. The second kappa shape index (κ2) is 7.60. The molecule has 0 aromatic carbocycles. The van der Waals surface area contributed by atoms with E-state index in [-0.39, 0.29) is 10.8 Å². The van der Waals surface area contributed by atoms with Crippen molar-refractivity contribution >= 4 is 33.3 Å². The Kier molecular flexibility index (Phi) is 5.19. The summed E-state index contributed by atoms with van der Waals surface area (Å²) in [7, 11) is 0. The number of fused-ring (bicyclic) bond motifs is 3. The molecule has 140 valence electrons. The van der Waals surface area contributed by atoms with Gasteiger partial charge in [-0.3, -0.25) is 14.3 Å². The molecule has 6 heteroatoms. The molecule has 3 aromatic heterocycles. The van der Waals surface area contributed by atoms with Crippen molar-refractivity contribution in [2.75, 3.05) is 0 Å². The molecule has 2 atom stereocenters. The van der Waals surface area contributed by atoms with E-state index in [1.165, 1.54) is 10.4 Å². The molecule has 3 heterocycles. The van der Waals surface area contributed by atoms with Crippen LogP contribution in [0, 0.1) is 5.92 Å². The van der Waals surface area contributed by atoms with Gasteiger partial charge in [-0.05, 0) is 49.3 Å². The molecule has 0 amide bonds. The van der Waals surface area contributed by atoms with Gasteiger partial charge in [-0.1, -0.05) is 30.8 Å². The number of aryl methyl sites for hydroxylation is 1. The third-order valence-electron chi connectivity index (χ3n) is 5.13. The lowest BCUT2D eigenvalue weighted by Gasteiger charge is -2.18. The predicted molar refractivity (Wildman–Crippen MR) is 114 cm³/mol. The number of pyridine rings is 1. The molecule has 0 radical (unpaired) electrons. The highest BCUT2D eigenvalue weighted by Crippen LogP contribution is 2.38. The van der Waals surface area contributed by atoms with Gasteiger partial charge >= 0.3 is 0 Å². The first kappa shape index (κ1) is 18.4. The Morgan fingerprint density at radius 3 is 3.11 bits per heavy atom. The smallest absolute Gasteiger partial charge is 0.263 e. The van der Waals surface area contributed by atoms with E-state index in [1.807, 2.05) is 12.3 Å². The SMILES string of the molecule is C=CCn1c(S[C@@H](C)c2cccnc2)nc2sc3c(c2c1=O)CC[C@@H](C)C3. The quantitative estimate of drug-likeness (QED) is 0.345. The van der Waals surface area contributed by atoms with E-state index in [4.69, 9.17) is 4.98 Å². The zero-order chi connectivity index (χ0) is 19.0. The average molecular weight is 398 g/mol. The van der Waals surface area contributed by atoms with Gasteiger partial charge in [0, 0.05) is 29.1 Å². The zero-order valence-corrected chi connectivity index (χ0v) is 17.3. The van der Waals surface area contributed by atoms with Crippen LogP contribution in [0.2, 0.25) is 0 Å². The fourth-order valence-electron chi connectivity index (χ4n) is 3.63. The molecular weight excluding hydrogens is 374 g/mol. The maximum Gasteiger partial charge on any atom is 0.263 e. The minimum Gasteiger partial charge on any atom is -0.283 e. The van der Waals surface area contributed by atoms with Gasteiger partial charge in [-0.25, -0.2) is 4.98 Å². The number of aromatic nitrogens is 3. The summed E-state index contributed by atoms with van der Waals surface area (Å²) >= 11 is 3.32. The van der Waals surface area contributed by atoms with Gasteiger partial charge < -0.3 is 0 Å². The third-order valence-corrected chi connectivity index (χ3v) is 7.42. The van der Waals surface area contributed by atoms with Crippen molar-refractivity contribution in [2.45, 2.75) is 50.1 Å². The standard InChI is InChI=1S/C21H23N3OS2/c1-4-10-24-20(25)18-16-8-7-13(2)11-17(16)27-19(18)23-21(24)26-14(3)15-6-5-9-22-12-15/h4-6,9,12-14H,1,7-8,10-11H2,2-3H3/t13-,14+/m1/s1. The number of allylic oxidation sites excluding steroid dienone is 1. The largest absolute Gasteiger partial charge is 0.283 e. The van der Waals surface area contributed by atoms with Gasteiger partial charge in [0.1, 0.15) is 4.83 Å². The van der Waals surface area contributed by atoms with E-state index in [2.05, 4.69) is 31.5 Å². The number of nitrogens with zero attached hydrogens (tertiary/aromatic N) is 3. The van der Waals surface area contributed by atoms with Crippen LogP contribution in [-0.2, 0) is 19.4 Å². The van der Waals surface area contributed by atoms with Gasteiger partial charge in [0.15, 0.2) is 5.16 Å². The Morgan fingerprint density at radius 1 is 1.52 bits per heavy atom. The molecule has 27 heavy (non-hydrogen) atoms. The molecule has 4 nitrogen and oxygen atoms in total. The van der Waals surface area contributed by atoms with Crippen molar-refractivity contribution in [3.63, 3.8) is 0 Å². The fraction of sp³-hybridized carbons (Fsp3) is 0.381. The van der Waals surface area contributed by atoms with E-state index in [9.17, 15) is 4.79 Å².